The number of halogens is 1. The van der Waals surface area contributed by atoms with E-state index in [0.29, 0.717) is 52.8 Å². The number of nitrogen functional groups attached to an aromatic ring is 1. The molecule has 0 spiro atoms. The van der Waals surface area contributed by atoms with Gasteiger partial charge in [0.15, 0.2) is 11.5 Å². The number of methoxy groups -OCH3 is 2. The Morgan fingerprint density at radius 1 is 1.00 bits per heavy atom. The number of nitrogens with zero attached hydrogens (tertiary/aromatic N) is 4. The molecule has 0 saturated carbocycles. The van der Waals surface area contributed by atoms with E-state index in [-0.39, 0.29) is 18.3 Å². The van der Waals surface area contributed by atoms with Crippen molar-refractivity contribution in [1.29, 1.82) is 0 Å². The van der Waals surface area contributed by atoms with Crippen LogP contribution in [-0.2, 0) is 0 Å². The molecule has 0 bridgehead atoms. The summed E-state index contributed by atoms with van der Waals surface area (Å²) in [6.45, 7) is 1.29. The van der Waals surface area contributed by atoms with Gasteiger partial charge in [0.1, 0.15) is 5.82 Å². The first-order valence-electron chi connectivity index (χ1n) is 9.65. The van der Waals surface area contributed by atoms with Gasteiger partial charge in [-0.25, -0.2) is 4.98 Å². The summed E-state index contributed by atoms with van der Waals surface area (Å²) in [5, 5.41) is 0.706. The number of benzene rings is 2. The van der Waals surface area contributed by atoms with Gasteiger partial charge in [0.2, 0.25) is 5.95 Å². The molecule has 0 atom stereocenters. The number of hydrogen-bond donors (Lipinski definition) is 1. The number of anilines is 2. The highest BCUT2D eigenvalue weighted by atomic mass is 35.5. The Balaban J connectivity index is 0.00000341. The predicted molar refractivity (Wildman–Crippen MR) is 126 cm³/mol. The average molecular weight is 446 g/mol. The molecule has 0 aliphatic heterocycles. The molecule has 2 aromatic carbocycles. The molecule has 0 saturated heterocycles. The number of rotatable bonds is 8. The molecule has 31 heavy (non-hydrogen) atoms. The molecular formula is C22H28ClN5O3. The van der Waals surface area contributed by atoms with Crippen LogP contribution in [0.15, 0.2) is 42.5 Å². The SMILES string of the molecule is COc1cc2nc(N(C)CCCN(C)C(=O)c3ccccc3)nc(N)c2cc1OC.Cl. The summed E-state index contributed by atoms with van der Waals surface area (Å²) < 4.78 is 10.7. The van der Waals surface area contributed by atoms with Crippen molar-refractivity contribution in [2.75, 3.05) is 52.0 Å². The molecule has 0 unspecified atom stereocenters. The van der Waals surface area contributed by atoms with Gasteiger partial charge < -0.3 is 25.0 Å². The van der Waals surface area contributed by atoms with Crippen LogP contribution in [0.4, 0.5) is 11.8 Å². The Morgan fingerprint density at radius 2 is 1.65 bits per heavy atom. The third-order valence-electron chi connectivity index (χ3n) is 4.91. The van der Waals surface area contributed by atoms with Crippen LogP contribution in [0.5, 0.6) is 11.5 Å². The van der Waals surface area contributed by atoms with Gasteiger partial charge in [0.05, 0.1) is 19.7 Å². The van der Waals surface area contributed by atoms with E-state index >= 15 is 0 Å². The van der Waals surface area contributed by atoms with Crippen molar-refractivity contribution in [1.82, 2.24) is 14.9 Å². The van der Waals surface area contributed by atoms with Crippen LogP contribution < -0.4 is 20.1 Å². The van der Waals surface area contributed by atoms with E-state index in [2.05, 4.69) is 9.97 Å². The van der Waals surface area contributed by atoms with Crippen molar-refractivity contribution in [3.63, 3.8) is 0 Å². The summed E-state index contributed by atoms with van der Waals surface area (Å²) in [5.41, 5.74) is 7.53. The first-order chi connectivity index (χ1) is 14.4. The summed E-state index contributed by atoms with van der Waals surface area (Å²) in [4.78, 5) is 25.1. The Hall–Kier alpha value is -3.26. The van der Waals surface area contributed by atoms with E-state index in [0.717, 1.165) is 6.42 Å². The quantitative estimate of drug-likeness (QED) is 0.568. The maximum atomic E-state index is 12.4. The zero-order valence-corrected chi connectivity index (χ0v) is 19.0. The lowest BCUT2D eigenvalue weighted by Crippen LogP contribution is -2.30. The highest BCUT2D eigenvalue weighted by Crippen LogP contribution is 2.33. The summed E-state index contributed by atoms with van der Waals surface area (Å²) in [6.07, 6.45) is 0.763. The number of fused-ring (bicyclic) bond motifs is 1. The standard InChI is InChI=1S/C22H27N5O3.ClH/c1-26(21(28)15-9-6-5-7-10-15)11-8-12-27(2)22-24-17-14-19(30-4)18(29-3)13-16(17)20(23)25-22;/h5-7,9-10,13-14H,8,11-12H2,1-4H3,(H2,23,24,25);1H. The van der Waals surface area contributed by atoms with Crippen molar-refractivity contribution in [3.05, 3.63) is 48.0 Å². The number of ether oxygens (including phenoxy) is 2. The molecule has 3 rings (SSSR count). The predicted octanol–water partition coefficient (Wildman–Crippen LogP) is 3.25. The summed E-state index contributed by atoms with van der Waals surface area (Å²) >= 11 is 0. The Morgan fingerprint density at radius 3 is 2.29 bits per heavy atom. The monoisotopic (exact) mass is 445 g/mol. The van der Waals surface area contributed by atoms with E-state index in [1.54, 1.807) is 38.3 Å². The zero-order chi connectivity index (χ0) is 21.7. The van der Waals surface area contributed by atoms with Gasteiger partial charge in [-0.1, -0.05) is 18.2 Å². The fraction of sp³-hybridized carbons (Fsp3) is 0.318. The summed E-state index contributed by atoms with van der Waals surface area (Å²) in [7, 11) is 6.86. The van der Waals surface area contributed by atoms with Gasteiger partial charge in [-0.2, -0.15) is 4.98 Å². The number of nitrogens with two attached hydrogens (primary N) is 1. The van der Waals surface area contributed by atoms with E-state index in [1.165, 1.54) is 0 Å². The molecule has 9 heteroatoms. The van der Waals surface area contributed by atoms with Crippen molar-refractivity contribution >= 4 is 41.0 Å². The van der Waals surface area contributed by atoms with E-state index in [9.17, 15) is 4.79 Å². The average Bonchev–Trinajstić information content (AvgIpc) is 2.77. The van der Waals surface area contributed by atoms with Gasteiger partial charge in [0, 0.05) is 44.2 Å². The molecule has 2 N–H and O–H groups in total. The van der Waals surface area contributed by atoms with Crippen LogP contribution in [0.1, 0.15) is 16.8 Å². The number of hydrogen-bond acceptors (Lipinski definition) is 7. The zero-order valence-electron chi connectivity index (χ0n) is 18.2. The fourth-order valence-electron chi connectivity index (χ4n) is 3.19. The lowest BCUT2D eigenvalue weighted by Gasteiger charge is -2.21. The molecule has 0 aliphatic carbocycles. The molecular weight excluding hydrogens is 418 g/mol. The van der Waals surface area contributed by atoms with Crippen molar-refractivity contribution < 1.29 is 14.3 Å². The first kappa shape index (κ1) is 24.0. The Bertz CT molecular complexity index is 1030. The Labute approximate surface area is 188 Å². The van der Waals surface area contributed by atoms with Crippen LogP contribution in [-0.4, -0.2) is 62.2 Å². The maximum Gasteiger partial charge on any atom is 0.253 e. The van der Waals surface area contributed by atoms with Crippen molar-refractivity contribution in [2.24, 2.45) is 0 Å². The number of aromatic nitrogens is 2. The lowest BCUT2D eigenvalue weighted by molar-refractivity contribution is 0.0794. The summed E-state index contributed by atoms with van der Waals surface area (Å²) in [5.74, 6) is 2.05. The molecule has 0 radical (unpaired) electrons. The van der Waals surface area contributed by atoms with Crippen molar-refractivity contribution in [2.45, 2.75) is 6.42 Å². The first-order valence-corrected chi connectivity index (χ1v) is 9.65. The van der Waals surface area contributed by atoms with E-state index in [1.807, 2.05) is 42.3 Å². The van der Waals surface area contributed by atoms with E-state index in [4.69, 9.17) is 15.2 Å². The highest BCUT2D eigenvalue weighted by Gasteiger charge is 2.15. The Kier molecular flexibility index (Phi) is 8.27. The van der Waals surface area contributed by atoms with Crippen LogP contribution in [0, 0.1) is 0 Å². The van der Waals surface area contributed by atoms with Crippen molar-refractivity contribution in [3.8, 4) is 11.5 Å². The number of carbonyl (C=O) groups excluding carboxylic acids is 1. The normalized spacial score (nSPS) is 10.3. The van der Waals surface area contributed by atoms with Crippen LogP contribution >= 0.6 is 12.4 Å². The smallest absolute Gasteiger partial charge is 0.253 e. The van der Waals surface area contributed by atoms with Gasteiger partial charge >= 0.3 is 0 Å². The molecule has 0 fully saturated rings. The van der Waals surface area contributed by atoms with E-state index < -0.39 is 0 Å². The molecule has 8 nitrogen and oxygen atoms in total. The second-order valence-electron chi connectivity index (χ2n) is 7.00. The topological polar surface area (TPSA) is 93.8 Å². The van der Waals surface area contributed by atoms with Gasteiger partial charge in [-0.15, -0.1) is 12.4 Å². The second-order valence-corrected chi connectivity index (χ2v) is 7.00. The van der Waals surface area contributed by atoms with Gasteiger partial charge in [-0.3, -0.25) is 4.79 Å². The third kappa shape index (κ3) is 5.46. The molecule has 0 aliphatic rings. The molecule has 3 aromatic rings. The third-order valence-corrected chi connectivity index (χ3v) is 4.91. The maximum absolute atomic E-state index is 12.4. The van der Waals surface area contributed by atoms with Crippen LogP contribution in [0.3, 0.4) is 0 Å². The van der Waals surface area contributed by atoms with Crippen LogP contribution in [0.2, 0.25) is 0 Å². The summed E-state index contributed by atoms with van der Waals surface area (Å²) in [6, 6.07) is 12.8. The number of amides is 1. The highest BCUT2D eigenvalue weighted by molar-refractivity contribution is 5.94. The van der Waals surface area contributed by atoms with Gasteiger partial charge in [0.25, 0.3) is 5.91 Å². The van der Waals surface area contributed by atoms with Gasteiger partial charge in [-0.05, 0) is 24.6 Å². The minimum Gasteiger partial charge on any atom is -0.493 e. The minimum atomic E-state index is 0. The molecule has 166 valence electrons. The minimum absolute atomic E-state index is 0. The second kappa shape index (κ2) is 10.7. The largest absolute Gasteiger partial charge is 0.493 e. The molecule has 1 heterocycles. The fourth-order valence-corrected chi connectivity index (χ4v) is 3.19. The van der Waals surface area contributed by atoms with Crippen LogP contribution in [0.25, 0.3) is 10.9 Å². The lowest BCUT2D eigenvalue weighted by atomic mass is 10.2. The molecule has 1 aromatic heterocycles. The molecule has 1 amide bonds. The number of carbonyl (C=O) groups is 1.